The summed E-state index contributed by atoms with van der Waals surface area (Å²) in [7, 11) is 1.64. The van der Waals surface area contributed by atoms with Crippen LogP contribution in [0.3, 0.4) is 0 Å². The van der Waals surface area contributed by atoms with Crippen LogP contribution in [0.15, 0.2) is 0 Å². The quantitative estimate of drug-likeness (QED) is 0.615. The van der Waals surface area contributed by atoms with Gasteiger partial charge in [-0.2, -0.15) is 0 Å². The van der Waals surface area contributed by atoms with Gasteiger partial charge in [-0.25, -0.2) is 0 Å². The lowest BCUT2D eigenvalue weighted by Gasteiger charge is -2.16. The average molecular weight is 213 g/mol. The summed E-state index contributed by atoms with van der Waals surface area (Å²) in [4.78, 5) is 24.2. The number of nitrogens with zero attached hydrogens (tertiary/aromatic N) is 1. The molecule has 15 heavy (non-hydrogen) atoms. The van der Waals surface area contributed by atoms with Gasteiger partial charge in [-0.15, -0.1) is 0 Å². The molecule has 0 heterocycles. The molecular formula is C10H19N3O2. The standard InChI is InChI=1S/C10H19N3O2/c1-3-11-6-10(15)13(2)7-9(14)12-8-4-5-8/h8,11H,3-7H2,1-2H3,(H,12,14). The Labute approximate surface area is 90.2 Å². The van der Waals surface area contributed by atoms with Crippen LogP contribution < -0.4 is 10.6 Å². The Morgan fingerprint density at radius 3 is 2.60 bits per heavy atom. The van der Waals surface area contributed by atoms with Crippen molar-refractivity contribution in [1.82, 2.24) is 15.5 Å². The van der Waals surface area contributed by atoms with Crippen LogP contribution in [0.1, 0.15) is 19.8 Å². The van der Waals surface area contributed by atoms with E-state index in [0.29, 0.717) is 12.6 Å². The molecule has 1 rings (SSSR count). The third-order valence-corrected chi connectivity index (χ3v) is 2.28. The van der Waals surface area contributed by atoms with E-state index in [1.807, 2.05) is 6.92 Å². The van der Waals surface area contributed by atoms with Crippen molar-refractivity contribution in [3.63, 3.8) is 0 Å². The Morgan fingerprint density at radius 2 is 2.07 bits per heavy atom. The Kier molecular flexibility index (Phi) is 4.55. The van der Waals surface area contributed by atoms with Gasteiger partial charge >= 0.3 is 0 Å². The lowest BCUT2D eigenvalue weighted by molar-refractivity contribution is -0.134. The molecular weight excluding hydrogens is 194 g/mol. The first kappa shape index (κ1) is 12.0. The zero-order valence-electron chi connectivity index (χ0n) is 9.38. The number of carbonyl (C=O) groups excluding carboxylic acids is 2. The SMILES string of the molecule is CCNCC(=O)N(C)CC(=O)NC1CC1. The largest absolute Gasteiger partial charge is 0.352 e. The highest BCUT2D eigenvalue weighted by Crippen LogP contribution is 2.18. The maximum Gasteiger partial charge on any atom is 0.239 e. The van der Waals surface area contributed by atoms with Crippen molar-refractivity contribution < 1.29 is 9.59 Å². The molecule has 0 spiro atoms. The molecule has 0 radical (unpaired) electrons. The van der Waals surface area contributed by atoms with Crippen molar-refractivity contribution in [3.05, 3.63) is 0 Å². The third kappa shape index (κ3) is 4.78. The van der Waals surface area contributed by atoms with Crippen molar-refractivity contribution in [2.45, 2.75) is 25.8 Å². The van der Waals surface area contributed by atoms with Gasteiger partial charge in [0.15, 0.2) is 0 Å². The summed E-state index contributed by atoms with van der Waals surface area (Å²) in [5.74, 6) is -0.118. The van der Waals surface area contributed by atoms with Gasteiger partial charge in [-0.3, -0.25) is 9.59 Å². The van der Waals surface area contributed by atoms with Crippen molar-refractivity contribution in [1.29, 1.82) is 0 Å². The van der Waals surface area contributed by atoms with Gasteiger partial charge in [-0.1, -0.05) is 6.92 Å². The number of amides is 2. The number of likely N-dealkylation sites (N-methyl/N-ethyl adjacent to an activating group) is 2. The molecule has 0 atom stereocenters. The van der Waals surface area contributed by atoms with E-state index >= 15 is 0 Å². The molecule has 0 aliphatic heterocycles. The van der Waals surface area contributed by atoms with Crippen LogP contribution in [-0.4, -0.2) is 49.4 Å². The predicted molar refractivity (Wildman–Crippen MR) is 57.3 cm³/mol. The summed E-state index contributed by atoms with van der Waals surface area (Å²) in [6, 6.07) is 0.356. The molecule has 1 aliphatic carbocycles. The van der Waals surface area contributed by atoms with Gasteiger partial charge < -0.3 is 15.5 Å². The molecule has 0 unspecified atom stereocenters. The molecule has 5 heteroatoms. The summed E-state index contributed by atoms with van der Waals surface area (Å²) in [5.41, 5.74) is 0. The van der Waals surface area contributed by atoms with Crippen molar-refractivity contribution in [3.8, 4) is 0 Å². The first-order chi connectivity index (χ1) is 7.13. The molecule has 0 saturated heterocycles. The van der Waals surface area contributed by atoms with Gasteiger partial charge in [0.1, 0.15) is 0 Å². The number of hydrogen-bond acceptors (Lipinski definition) is 3. The topological polar surface area (TPSA) is 61.4 Å². The van der Waals surface area contributed by atoms with Gasteiger partial charge in [0.05, 0.1) is 13.1 Å². The van der Waals surface area contributed by atoms with E-state index in [2.05, 4.69) is 10.6 Å². The van der Waals surface area contributed by atoms with E-state index in [0.717, 1.165) is 19.4 Å². The van der Waals surface area contributed by atoms with Crippen LogP contribution >= 0.6 is 0 Å². The molecule has 1 saturated carbocycles. The van der Waals surface area contributed by atoms with E-state index in [1.54, 1.807) is 7.05 Å². The highest BCUT2D eigenvalue weighted by Gasteiger charge is 2.24. The van der Waals surface area contributed by atoms with Crippen molar-refractivity contribution in [2.24, 2.45) is 0 Å². The van der Waals surface area contributed by atoms with Crippen LogP contribution in [-0.2, 0) is 9.59 Å². The van der Waals surface area contributed by atoms with E-state index in [4.69, 9.17) is 0 Å². The molecule has 0 aromatic heterocycles. The highest BCUT2D eigenvalue weighted by atomic mass is 16.2. The summed E-state index contributed by atoms with van der Waals surface area (Å²) in [6.45, 7) is 3.14. The molecule has 2 amide bonds. The Morgan fingerprint density at radius 1 is 1.40 bits per heavy atom. The van der Waals surface area contributed by atoms with Crippen LogP contribution in [0.5, 0.6) is 0 Å². The Hall–Kier alpha value is -1.10. The van der Waals surface area contributed by atoms with Crippen molar-refractivity contribution in [2.75, 3.05) is 26.7 Å². The van der Waals surface area contributed by atoms with Crippen LogP contribution in [0.2, 0.25) is 0 Å². The molecule has 0 bridgehead atoms. The average Bonchev–Trinajstić information content (AvgIpc) is 2.97. The van der Waals surface area contributed by atoms with Gasteiger partial charge in [0, 0.05) is 13.1 Å². The van der Waals surface area contributed by atoms with Gasteiger partial charge in [0.2, 0.25) is 11.8 Å². The maximum atomic E-state index is 11.4. The van der Waals surface area contributed by atoms with Gasteiger partial charge in [0.25, 0.3) is 0 Å². The summed E-state index contributed by atoms with van der Waals surface area (Å²) >= 11 is 0. The fraction of sp³-hybridized carbons (Fsp3) is 0.800. The second-order valence-electron chi connectivity index (χ2n) is 3.87. The molecule has 5 nitrogen and oxygen atoms in total. The molecule has 86 valence electrons. The van der Waals surface area contributed by atoms with Crippen LogP contribution in [0.4, 0.5) is 0 Å². The number of rotatable bonds is 6. The first-order valence-corrected chi connectivity index (χ1v) is 5.37. The number of hydrogen-bond donors (Lipinski definition) is 2. The van der Waals surface area contributed by atoms with Gasteiger partial charge in [-0.05, 0) is 19.4 Å². The molecule has 0 aromatic rings. The predicted octanol–water partition coefficient (Wildman–Crippen LogP) is -0.667. The monoisotopic (exact) mass is 213 g/mol. The minimum Gasteiger partial charge on any atom is -0.352 e. The minimum absolute atomic E-state index is 0.0530. The summed E-state index contributed by atoms with van der Waals surface area (Å²) in [6.07, 6.45) is 2.14. The maximum absolute atomic E-state index is 11.4. The number of carbonyl (C=O) groups is 2. The number of nitrogens with one attached hydrogen (secondary N) is 2. The van der Waals surface area contributed by atoms with Crippen LogP contribution in [0, 0.1) is 0 Å². The first-order valence-electron chi connectivity index (χ1n) is 5.37. The smallest absolute Gasteiger partial charge is 0.239 e. The second kappa shape index (κ2) is 5.70. The lowest BCUT2D eigenvalue weighted by atomic mass is 10.4. The molecule has 1 aliphatic rings. The summed E-state index contributed by atoms with van der Waals surface area (Å²) in [5, 5.41) is 5.77. The fourth-order valence-electron chi connectivity index (χ4n) is 1.17. The molecule has 1 fully saturated rings. The second-order valence-corrected chi connectivity index (χ2v) is 3.87. The van der Waals surface area contributed by atoms with E-state index in [9.17, 15) is 9.59 Å². The normalized spacial score (nSPS) is 14.8. The zero-order chi connectivity index (χ0) is 11.3. The van der Waals surface area contributed by atoms with Crippen LogP contribution in [0.25, 0.3) is 0 Å². The minimum atomic E-state index is -0.0650. The fourth-order valence-corrected chi connectivity index (χ4v) is 1.17. The molecule has 0 aromatic carbocycles. The van der Waals surface area contributed by atoms with E-state index in [1.165, 1.54) is 4.90 Å². The Balaban J connectivity index is 2.17. The third-order valence-electron chi connectivity index (χ3n) is 2.28. The lowest BCUT2D eigenvalue weighted by Crippen LogP contribution is -2.42. The zero-order valence-corrected chi connectivity index (χ0v) is 9.38. The molecule has 2 N–H and O–H groups in total. The van der Waals surface area contributed by atoms with Crippen molar-refractivity contribution >= 4 is 11.8 Å². The van der Waals surface area contributed by atoms with E-state index in [-0.39, 0.29) is 18.4 Å². The Bertz CT molecular complexity index is 239. The van der Waals surface area contributed by atoms with E-state index < -0.39 is 0 Å². The summed E-state index contributed by atoms with van der Waals surface area (Å²) < 4.78 is 0. The highest BCUT2D eigenvalue weighted by molar-refractivity contribution is 5.85.